The maximum Gasteiger partial charge on any atom is 0.292 e. The van der Waals surface area contributed by atoms with E-state index in [2.05, 4.69) is 58.2 Å². The number of piperidine rings is 1. The van der Waals surface area contributed by atoms with E-state index in [9.17, 15) is 14.4 Å². The molecule has 16 heteroatoms. The number of hydrogen-bond acceptors (Lipinski definition) is 12. The standard InChI is InChI=1S/C37H42FN11O4/c1-22-15-24(5-6-25(22)18-40-35(52)32-45-36(53-46-32)37(2,3)4)31-29-16-23(20-49(29)42-21-41-31)9-10-47-11-13-48(14-12-47)33-27(38)17-26(19-39-33)43-28-7-8-30(50)44-34(28)51/h5-6,15-17,19-21,28,43H,7-14,18H2,1-4H3,(H,40,52)(H,44,50,51). The number of anilines is 2. The van der Waals surface area contributed by atoms with Gasteiger partial charge in [-0.25, -0.2) is 18.9 Å². The smallest absolute Gasteiger partial charge is 0.292 e. The Morgan fingerprint density at radius 3 is 2.62 bits per heavy atom. The van der Waals surface area contributed by atoms with Gasteiger partial charge in [-0.15, -0.1) is 0 Å². The first kappa shape index (κ1) is 35.6. The molecule has 1 aromatic carbocycles. The molecule has 2 aliphatic heterocycles. The highest BCUT2D eigenvalue weighted by atomic mass is 19.1. The van der Waals surface area contributed by atoms with E-state index in [4.69, 9.17) is 4.52 Å². The Morgan fingerprint density at radius 2 is 1.91 bits per heavy atom. The summed E-state index contributed by atoms with van der Waals surface area (Å²) < 4.78 is 22.2. The fourth-order valence-electron chi connectivity index (χ4n) is 6.50. The fourth-order valence-corrected chi connectivity index (χ4v) is 6.50. The summed E-state index contributed by atoms with van der Waals surface area (Å²) in [6.07, 6.45) is 6.51. The van der Waals surface area contributed by atoms with E-state index >= 15 is 4.39 Å². The zero-order valence-electron chi connectivity index (χ0n) is 30.1. The number of fused-ring (bicyclic) bond motifs is 1. The topological polar surface area (TPSA) is 176 Å². The molecule has 5 aromatic rings. The van der Waals surface area contributed by atoms with Crippen LogP contribution in [-0.2, 0) is 28.0 Å². The van der Waals surface area contributed by atoms with Crippen LogP contribution in [0.25, 0.3) is 16.8 Å². The number of piperazine rings is 1. The highest BCUT2D eigenvalue weighted by Crippen LogP contribution is 2.27. The molecule has 1 unspecified atom stereocenters. The quantitative estimate of drug-likeness (QED) is 0.179. The molecule has 2 aliphatic rings. The van der Waals surface area contributed by atoms with E-state index in [1.807, 2.05) is 55.4 Å². The van der Waals surface area contributed by atoms with Crippen LogP contribution in [0.5, 0.6) is 0 Å². The molecule has 0 spiro atoms. The number of carbonyl (C=O) groups is 3. The molecule has 3 N–H and O–H groups in total. The molecule has 2 fully saturated rings. The van der Waals surface area contributed by atoms with Crippen molar-refractivity contribution in [2.75, 3.05) is 42.9 Å². The minimum atomic E-state index is -0.601. The lowest BCUT2D eigenvalue weighted by atomic mass is 9.97. The molecule has 0 bridgehead atoms. The molecule has 53 heavy (non-hydrogen) atoms. The summed E-state index contributed by atoms with van der Waals surface area (Å²) >= 11 is 0. The van der Waals surface area contributed by atoms with Crippen LogP contribution < -0.4 is 20.9 Å². The lowest BCUT2D eigenvalue weighted by Crippen LogP contribution is -2.48. The van der Waals surface area contributed by atoms with Crippen molar-refractivity contribution in [1.82, 2.24) is 45.3 Å². The van der Waals surface area contributed by atoms with E-state index in [0.717, 1.165) is 59.5 Å². The summed E-state index contributed by atoms with van der Waals surface area (Å²) in [5.41, 5.74) is 5.81. The molecular weight excluding hydrogens is 681 g/mol. The molecule has 2 saturated heterocycles. The Labute approximate surface area is 305 Å². The van der Waals surface area contributed by atoms with Crippen LogP contribution in [-0.4, -0.2) is 91.1 Å². The number of pyridine rings is 1. The molecular formula is C37H42FN11O4. The van der Waals surface area contributed by atoms with Crippen LogP contribution in [0, 0.1) is 12.7 Å². The number of nitrogens with one attached hydrogen (secondary N) is 3. The van der Waals surface area contributed by atoms with Gasteiger partial charge in [-0.1, -0.05) is 38.1 Å². The molecule has 1 atom stereocenters. The van der Waals surface area contributed by atoms with Crippen LogP contribution >= 0.6 is 0 Å². The number of halogens is 1. The molecule has 7 rings (SSSR count). The summed E-state index contributed by atoms with van der Waals surface area (Å²) in [5, 5.41) is 16.4. The van der Waals surface area contributed by atoms with Crippen molar-refractivity contribution in [3.8, 4) is 11.3 Å². The second kappa shape index (κ2) is 14.7. The van der Waals surface area contributed by atoms with E-state index < -0.39 is 23.7 Å². The number of nitrogens with zero attached hydrogens (tertiary/aromatic N) is 8. The Bertz CT molecular complexity index is 2170. The average Bonchev–Trinajstić information content (AvgIpc) is 3.80. The Balaban J connectivity index is 0.926. The number of hydrogen-bond donors (Lipinski definition) is 3. The zero-order chi connectivity index (χ0) is 37.3. The summed E-state index contributed by atoms with van der Waals surface area (Å²) in [6, 6.07) is 8.91. The number of rotatable bonds is 10. The van der Waals surface area contributed by atoms with Crippen molar-refractivity contribution >= 4 is 34.7 Å². The monoisotopic (exact) mass is 723 g/mol. The van der Waals surface area contributed by atoms with Crippen LogP contribution in [0.1, 0.15) is 66.8 Å². The van der Waals surface area contributed by atoms with E-state index in [1.165, 1.54) is 12.3 Å². The van der Waals surface area contributed by atoms with Crippen molar-refractivity contribution < 1.29 is 23.3 Å². The van der Waals surface area contributed by atoms with Crippen LogP contribution in [0.15, 0.2) is 53.6 Å². The minimum absolute atomic E-state index is 0.0109. The van der Waals surface area contributed by atoms with E-state index in [1.54, 1.807) is 6.33 Å². The number of aryl methyl sites for hydroxylation is 1. The maximum absolute atomic E-state index is 15.1. The third kappa shape index (κ3) is 8.01. The molecule has 0 aliphatic carbocycles. The van der Waals surface area contributed by atoms with Gasteiger partial charge in [0.05, 0.1) is 23.1 Å². The first-order valence-electron chi connectivity index (χ1n) is 17.7. The molecule has 3 amide bonds. The number of carbonyl (C=O) groups excluding carboxylic acids is 3. The number of aromatic nitrogens is 6. The van der Waals surface area contributed by atoms with Gasteiger partial charge in [0.2, 0.25) is 17.7 Å². The molecule has 4 aromatic heterocycles. The van der Waals surface area contributed by atoms with Crippen LogP contribution in [0.2, 0.25) is 0 Å². The van der Waals surface area contributed by atoms with Crippen molar-refractivity contribution in [3.05, 3.63) is 83.3 Å². The first-order chi connectivity index (χ1) is 25.4. The SMILES string of the molecule is Cc1cc(-c2ncnn3cc(CCN4CCN(c5ncc(NC6CCC(=O)NC6=O)cc5F)CC4)cc23)ccc1CNC(=O)c1noc(C(C)(C)C)n1. The van der Waals surface area contributed by atoms with Gasteiger partial charge >= 0.3 is 0 Å². The fraction of sp³-hybridized carbons (Fsp3) is 0.405. The summed E-state index contributed by atoms with van der Waals surface area (Å²) in [5.74, 6) is -0.864. The second-order valence-corrected chi connectivity index (χ2v) is 14.5. The molecule has 15 nitrogen and oxygen atoms in total. The van der Waals surface area contributed by atoms with Gasteiger partial charge < -0.3 is 20.1 Å². The molecule has 0 saturated carbocycles. The Hall–Kier alpha value is -5.77. The van der Waals surface area contributed by atoms with Gasteiger partial charge in [0.15, 0.2) is 11.6 Å². The normalized spacial score (nSPS) is 16.9. The molecule has 0 radical (unpaired) electrons. The van der Waals surface area contributed by atoms with Gasteiger partial charge in [0.1, 0.15) is 12.4 Å². The van der Waals surface area contributed by atoms with Gasteiger partial charge in [-0.05, 0) is 48.6 Å². The number of imide groups is 1. The predicted molar refractivity (Wildman–Crippen MR) is 194 cm³/mol. The molecule has 6 heterocycles. The largest absolute Gasteiger partial charge is 0.372 e. The van der Waals surface area contributed by atoms with E-state index in [0.29, 0.717) is 37.6 Å². The third-order valence-corrected chi connectivity index (χ3v) is 9.58. The van der Waals surface area contributed by atoms with Gasteiger partial charge in [-0.3, -0.25) is 24.6 Å². The maximum atomic E-state index is 15.1. The van der Waals surface area contributed by atoms with Gasteiger partial charge in [0.25, 0.3) is 11.7 Å². The Kier molecular flexibility index (Phi) is 9.88. The van der Waals surface area contributed by atoms with Crippen molar-refractivity contribution in [2.45, 2.75) is 65.0 Å². The first-order valence-corrected chi connectivity index (χ1v) is 17.7. The lowest BCUT2D eigenvalue weighted by molar-refractivity contribution is -0.133. The van der Waals surface area contributed by atoms with Crippen LogP contribution in [0.3, 0.4) is 0 Å². The van der Waals surface area contributed by atoms with Gasteiger partial charge in [0, 0.05) is 68.9 Å². The summed E-state index contributed by atoms with van der Waals surface area (Å²) in [7, 11) is 0. The van der Waals surface area contributed by atoms with E-state index in [-0.39, 0.29) is 29.4 Å². The predicted octanol–water partition coefficient (Wildman–Crippen LogP) is 3.43. The highest BCUT2D eigenvalue weighted by molar-refractivity contribution is 6.01. The lowest BCUT2D eigenvalue weighted by Gasteiger charge is -2.35. The molecule has 276 valence electrons. The zero-order valence-corrected chi connectivity index (χ0v) is 30.1. The van der Waals surface area contributed by atoms with Crippen molar-refractivity contribution in [1.29, 1.82) is 0 Å². The number of benzene rings is 1. The number of amides is 3. The van der Waals surface area contributed by atoms with Crippen molar-refractivity contribution in [2.24, 2.45) is 0 Å². The summed E-state index contributed by atoms with van der Waals surface area (Å²) in [4.78, 5) is 53.6. The minimum Gasteiger partial charge on any atom is -0.372 e. The third-order valence-electron chi connectivity index (χ3n) is 9.58. The summed E-state index contributed by atoms with van der Waals surface area (Å²) in [6.45, 7) is 11.7. The van der Waals surface area contributed by atoms with Crippen molar-refractivity contribution in [3.63, 3.8) is 0 Å². The average molecular weight is 724 g/mol. The van der Waals surface area contributed by atoms with Gasteiger partial charge in [-0.2, -0.15) is 10.1 Å². The highest BCUT2D eigenvalue weighted by Gasteiger charge is 2.28. The van der Waals surface area contributed by atoms with Crippen LogP contribution in [0.4, 0.5) is 15.9 Å². The second-order valence-electron chi connectivity index (χ2n) is 14.5. The Morgan fingerprint density at radius 1 is 1.09 bits per heavy atom.